The highest BCUT2D eigenvalue weighted by atomic mass is 16.6. The third-order valence-corrected chi connectivity index (χ3v) is 2.18. The Kier molecular flexibility index (Phi) is 3.92. The Hall–Kier alpha value is -1.06. The molecule has 0 aromatic carbocycles. The van der Waals surface area contributed by atoms with E-state index in [1.807, 2.05) is 13.8 Å². The van der Waals surface area contributed by atoms with Crippen LogP contribution in [0.4, 0.5) is 0 Å². The van der Waals surface area contributed by atoms with Gasteiger partial charge in [-0.15, -0.1) is 0 Å². The summed E-state index contributed by atoms with van der Waals surface area (Å²) in [4.78, 5) is 22.1. The van der Waals surface area contributed by atoms with E-state index in [0.717, 1.165) is 12.8 Å². The van der Waals surface area contributed by atoms with Crippen LogP contribution < -0.4 is 0 Å². The minimum Gasteiger partial charge on any atom is -0.457 e. The second kappa shape index (κ2) is 4.98. The van der Waals surface area contributed by atoms with Crippen LogP contribution in [0.3, 0.4) is 0 Å². The molecule has 0 amide bonds. The second-order valence-electron chi connectivity index (χ2n) is 3.58. The molecule has 1 aliphatic carbocycles. The molecular formula is C10H16O4. The lowest BCUT2D eigenvalue weighted by Crippen LogP contribution is -2.25. The summed E-state index contributed by atoms with van der Waals surface area (Å²) in [5, 5.41) is 0. The Labute approximate surface area is 83.6 Å². The van der Waals surface area contributed by atoms with Crippen LogP contribution in [0, 0.1) is 5.92 Å². The van der Waals surface area contributed by atoms with Crippen LogP contribution in [0.5, 0.6) is 0 Å². The minimum absolute atomic E-state index is 0.156. The maximum atomic E-state index is 11.1. The average molecular weight is 200 g/mol. The number of hydrogen-bond acceptors (Lipinski definition) is 4. The molecule has 0 heterocycles. The summed E-state index contributed by atoms with van der Waals surface area (Å²) < 4.78 is 9.56. The van der Waals surface area contributed by atoms with Crippen LogP contribution in [-0.2, 0) is 19.1 Å². The lowest BCUT2D eigenvalue weighted by atomic mass is 10.3. The molecule has 0 aliphatic heterocycles. The van der Waals surface area contributed by atoms with Gasteiger partial charge >= 0.3 is 11.9 Å². The van der Waals surface area contributed by atoms with Gasteiger partial charge in [0.05, 0.1) is 6.61 Å². The molecule has 0 spiro atoms. The van der Waals surface area contributed by atoms with E-state index in [1.165, 1.54) is 0 Å². The highest BCUT2D eigenvalue weighted by Crippen LogP contribution is 2.33. The quantitative estimate of drug-likeness (QED) is 0.506. The van der Waals surface area contributed by atoms with Crippen LogP contribution in [0.15, 0.2) is 0 Å². The molecule has 0 N–H and O–H groups in total. The van der Waals surface area contributed by atoms with Gasteiger partial charge in [-0.05, 0) is 32.1 Å². The van der Waals surface area contributed by atoms with Crippen molar-refractivity contribution in [3.63, 3.8) is 0 Å². The van der Waals surface area contributed by atoms with Crippen molar-refractivity contribution in [2.24, 2.45) is 5.92 Å². The maximum absolute atomic E-state index is 11.1. The van der Waals surface area contributed by atoms with E-state index in [4.69, 9.17) is 4.74 Å². The van der Waals surface area contributed by atoms with Crippen LogP contribution in [-0.4, -0.2) is 24.6 Å². The van der Waals surface area contributed by atoms with Crippen LogP contribution >= 0.6 is 0 Å². The molecule has 4 nitrogen and oxygen atoms in total. The maximum Gasteiger partial charge on any atom is 0.417 e. The molecule has 0 saturated heterocycles. The van der Waals surface area contributed by atoms with Crippen molar-refractivity contribution in [3.8, 4) is 0 Å². The highest BCUT2D eigenvalue weighted by molar-refractivity contribution is 6.29. The smallest absolute Gasteiger partial charge is 0.417 e. The molecule has 0 aromatic rings. The lowest BCUT2D eigenvalue weighted by Gasteiger charge is -2.10. The molecule has 0 aromatic heterocycles. The van der Waals surface area contributed by atoms with E-state index in [1.54, 1.807) is 0 Å². The number of rotatable bonds is 4. The summed E-state index contributed by atoms with van der Waals surface area (Å²) in [5.41, 5.74) is 0. The van der Waals surface area contributed by atoms with E-state index >= 15 is 0 Å². The second-order valence-corrected chi connectivity index (χ2v) is 3.58. The van der Waals surface area contributed by atoms with Gasteiger partial charge in [0.25, 0.3) is 0 Å². The van der Waals surface area contributed by atoms with Crippen LogP contribution in [0.2, 0.25) is 0 Å². The van der Waals surface area contributed by atoms with Crippen molar-refractivity contribution in [2.75, 3.05) is 6.61 Å². The summed E-state index contributed by atoms with van der Waals surface area (Å²) >= 11 is 0. The molecule has 1 saturated carbocycles. The summed E-state index contributed by atoms with van der Waals surface area (Å²) in [5.74, 6) is -1.30. The first kappa shape index (κ1) is 11.0. The van der Waals surface area contributed by atoms with E-state index in [-0.39, 0.29) is 12.7 Å². The van der Waals surface area contributed by atoms with Crippen LogP contribution in [0.25, 0.3) is 0 Å². The summed E-state index contributed by atoms with van der Waals surface area (Å²) in [6, 6.07) is 0. The normalized spacial score (nSPS) is 17.3. The van der Waals surface area contributed by atoms with Crippen molar-refractivity contribution in [2.45, 2.75) is 39.2 Å². The molecule has 14 heavy (non-hydrogen) atoms. The van der Waals surface area contributed by atoms with Gasteiger partial charge in [0.1, 0.15) is 6.10 Å². The Morgan fingerprint density at radius 2 is 2.00 bits per heavy atom. The highest BCUT2D eigenvalue weighted by Gasteiger charge is 2.32. The number of carbonyl (C=O) groups is 2. The predicted molar refractivity (Wildman–Crippen MR) is 49.5 cm³/mol. The first-order valence-electron chi connectivity index (χ1n) is 5.03. The SMILES string of the molecule is CCCOC(=O)C(=O)OC(C)C1CC1. The molecule has 0 bridgehead atoms. The summed E-state index contributed by atoms with van der Waals surface area (Å²) in [6.45, 7) is 3.94. The Balaban J connectivity index is 2.22. The molecule has 1 atom stereocenters. The summed E-state index contributed by atoms with van der Waals surface area (Å²) in [6.07, 6.45) is 2.71. The van der Waals surface area contributed by atoms with Crippen molar-refractivity contribution in [1.82, 2.24) is 0 Å². The topological polar surface area (TPSA) is 52.6 Å². The monoisotopic (exact) mass is 200 g/mol. The molecule has 80 valence electrons. The molecule has 1 rings (SSSR count). The summed E-state index contributed by atoms with van der Waals surface area (Å²) in [7, 11) is 0. The molecule has 1 aliphatic rings. The van der Waals surface area contributed by atoms with Gasteiger partial charge in [-0.2, -0.15) is 0 Å². The average Bonchev–Trinajstić information content (AvgIpc) is 2.96. The van der Waals surface area contributed by atoms with E-state index in [9.17, 15) is 9.59 Å². The molecule has 1 unspecified atom stereocenters. The van der Waals surface area contributed by atoms with Crippen molar-refractivity contribution < 1.29 is 19.1 Å². The standard InChI is InChI=1S/C10H16O4/c1-3-6-13-9(11)10(12)14-7(2)8-4-5-8/h7-8H,3-6H2,1-2H3. The van der Waals surface area contributed by atoms with E-state index in [2.05, 4.69) is 4.74 Å². The first-order valence-corrected chi connectivity index (χ1v) is 5.03. The Morgan fingerprint density at radius 1 is 1.36 bits per heavy atom. The predicted octanol–water partition coefficient (Wildman–Crippen LogP) is 1.28. The minimum atomic E-state index is -0.876. The van der Waals surface area contributed by atoms with E-state index < -0.39 is 11.9 Å². The number of hydrogen-bond donors (Lipinski definition) is 0. The van der Waals surface area contributed by atoms with Gasteiger partial charge in [0.2, 0.25) is 0 Å². The fraction of sp³-hybridized carbons (Fsp3) is 0.800. The third kappa shape index (κ3) is 3.36. The van der Waals surface area contributed by atoms with Gasteiger partial charge in [0.15, 0.2) is 0 Å². The van der Waals surface area contributed by atoms with Gasteiger partial charge < -0.3 is 9.47 Å². The van der Waals surface area contributed by atoms with Crippen molar-refractivity contribution in [3.05, 3.63) is 0 Å². The van der Waals surface area contributed by atoms with Crippen LogP contribution in [0.1, 0.15) is 33.1 Å². The third-order valence-electron chi connectivity index (χ3n) is 2.18. The number of esters is 2. The van der Waals surface area contributed by atoms with E-state index in [0.29, 0.717) is 12.3 Å². The lowest BCUT2D eigenvalue weighted by molar-refractivity contribution is -0.171. The van der Waals surface area contributed by atoms with Gasteiger partial charge in [-0.25, -0.2) is 9.59 Å². The largest absolute Gasteiger partial charge is 0.457 e. The molecular weight excluding hydrogens is 184 g/mol. The van der Waals surface area contributed by atoms with Crippen molar-refractivity contribution in [1.29, 1.82) is 0 Å². The zero-order chi connectivity index (χ0) is 10.6. The molecule has 4 heteroatoms. The molecule has 0 radical (unpaired) electrons. The number of ether oxygens (including phenoxy) is 2. The Bertz CT molecular complexity index is 220. The fourth-order valence-electron chi connectivity index (χ4n) is 1.13. The zero-order valence-electron chi connectivity index (χ0n) is 8.62. The van der Waals surface area contributed by atoms with Crippen molar-refractivity contribution >= 4 is 11.9 Å². The number of carbonyl (C=O) groups excluding carboxylic acids is 2. The fourth-order valence-corrected chi connectivity index (χ4v) is 1.13. The first-order chi connectivity index (χ1) is 6.65. The molecule has 1 fully saturated rings. The van der Waals surface area contributed by atoms with Gasteiger partial charge in [0, 0.05) is 0 Å². The zero-order valence-corrected chi connectivity index (χ0v) is 8.62. The van der Waals surface area contributed by atoms with Gasteiger partial charge in [-0.1, -0.05) is 6.92 Å². The van der Waals surface area contributed by atoms with Gasteiger partial charge in [-0.3, -0.25) is 0 Å². The Morgan fingerprint density at radius 3 is 2.50 bits per heavy atom.